The topological polar surface area (TPSA) is 75.7 Å². The standard InChI is InChI=1S/C14H20N2O4S/c1-10-8-12-9-11(4-5-13(12)20-10)14(17)15-6-7-21(18,19)16(2)3/h4-5,9-10H,6-8H2,1-3H3,(H,15,17). The second-order valence-corrected chi connectivity index (χ2v) is 7.61. The van der Waals surface area contributed by atoms with E-state index in [1.54, 1.807) is 18.2 Å². The minimum Gasteiger partial charge on any atom is -0.490 e. The average Bonchev–Trinajstić information content (AvgIpc) is 2.77. The molecule has 0 aromatic heterocycles. The molecule has 0 saturated carbocycles. The number of carbonyl (C=O) groups is 1. The number of fused-ring (bicyclic) bond motifs is 1. The lowest BCUT2D eigenvalue weighted by Gasteiger charge is -2.11. The summed E-state index contributed by atoms with van der Waals surface area (Å²) in [5.41, 5.74) is 1.53. The summed E-state index contributed by atoms with van der Waals surface area (Å²) in [5, 5.41) is 2.63. The van der Waals surface area contributed by atoms with Crippen LogP contribution in [0.25, 0.3) is 0 Å². The van der Waals surface area contributed by atoms with Crippen molar-refractivity contribution in [3.8, 4) is 5.75 Å². The fourth-order valence-electron chi connectivity index (χ4n) is 2.14. The van der Waals surface area contributed by atoms with Crippen LogP contribution in [0.1, 0.15) is 22.8 Å². The van der Waals surface area contributed by atoms with E-state index >= 15 is 0 Å². The quantitative estimate of drug-likeness (QED) is 0.865. The minimum atomic E-state index is -3.29. The van der Waals surface area contributed by atoms with Crippen LogP contribution in [0.15, 0.2) is 18.2 Å². The lowest BCUT2D eigenvalue weighted by atomic mass is 10.1. The molecule has 0 radical (unpaired) electrons. The number of sulfonamides is 1. The lowest BCUT2D eigenvalue weighted by molar-refractivity contribution is 0.0956. The van der Waals surface area contributed by atoms with Crippen LogP contribution in [0.3, 0.4) is 0 Å². The number of hydrogen-bond donors (Lipinski definition) is 1. The summed E-state index contributed by atoms with van der Waals surface area (Å²) >= 11 is 0. The number of ether oxygens (including phenoxy) is 1. The molecule has 21 heavy (non-hydrogen) atoms. The van der Waals surface area contributed by atoms with Crippen molar-refractivity contribution in [3.63, 3.8) is 0 Å². The molecule has 0 fully saturated rings. The molecule has 0 bridgehead atoms. The molecule has 0 aliphatic carbocycles. The molecule has 1 aromatic rings. The largest absolute Gasteiger partial charge is 0.490 e. The molecular formula is C14H20N2O4S. The zero-order valence-electron chi connectivity index (χ0n) is 12.4. The van der Waals surface area contributed by atoms with E-state index in [4.69, 9.17) is 4.74 Å². The van der Waals surface area contributed by atoms with Crippen molar-refractivity contribution < 1.29 is 17.9 Å². The Balaban J connectivity index is 1.95. The number of rotatable bonds is 5. The summed E-state index contributed by atoms with van der Waals surface area (Å²) in [6.45, 7) is 2.06. The van der Waals surface area contributed by atoms with Gasteiger partial charge in [-0.05, 0) is 30.7 Å². The Morgan fingerprint density at radius 3 is 2.81 bits per heavy atom. The fraction of sp³-hybridized carbons (Fsp3) is 0.500. The molecule has 1 atom stereocenters. The van der Waals surface area contributed by atoms with Gasteiger partial charge in [0.1, 0.15) is 11.9 Å². The molecule has 1 heterocycles. The van der Waals surface area contributed by atoms with Crippen LogP contribution in [0.2, 0.25) is 0 Å². The third kappa shape index (κ3) is 3.74. The predicted molar refractivity (Wildman–Crippen MR) is 80.0 cm³/mol. The summed E-state index contributed by atoms with van der Waals surface area (Å²) in [7, 11) is -0.352. The van der Waals surface area contributed by atoms with Gasteiger partial charge in [0.25, 0.3) is 5.91 Å². The third-order valence-electron chi connectivity index (χ3n) is 3.36. The van der Waals surface area contributed by atoms with E-state index in [-0.39, 0.29) is 24.3 Å². The van der Waals surface area contributed by atoms with Gasteiger partial charge in [0.2, 0.25) is 10.0 Å². The molecule has 1 aliphatic rings. The first-order valence-corrected chi connectivity index (χ1v) is 8.38. The molecule has 0 saturated heterocycles. The Hall–Kier alpha value is -1.60. The van der Waals surface area contributed by atoms with Crippen LogP contribution in [0.4, 0.5) is 0 Å². The van der Waals surface area contributed by atoms with Gasteiger partial charge in [0.05, 0.1) is 5.75 Å². The van der Waals surface area contributed by atoms with Gasteiger partial charge >= 0.3 is 0 Å². The maximum atomic E-state index is 12.0. The summed E-state index contributed by atoms with van der Waals surface area (Å²) in [5.74, 6) is 0.428. The maximum Gasteiger partial charge on any atom is 0.251 e. The highest BCUT2D eigenvalue weighted by molar-refractivity contribution is 7.89. The van der Waals surface area contributed by atoms with E-state index in [1.165, 1.54) is 14.1 Å². The van der Waals surface area contributed by atoms with Crippen molar-refractivity contribution in [2.45, 2.75) is 19.4 Å². The van der Waals surface area contributed by atoms with Crippen LogP contribution in [-0.4, -0.2) is 51.1 Å². The number of carbonyl (C=O) groups excluding carboxylic acids is 1. The van der Waals surface area contributed by atoms with Crippen molar-refractivity contribution in [2.75, 3.05) is 26.4 Å². The lowest BCUT2D eigenvalue weighted by Crippen LogP contribution is -2.33. The highest BCUT2D eigenvalue weighted by Gasteiger charge is 2.20. The van der Waals surface area contributed by atoms with E-state index in [2.05, 4.69) is 5.32 Å². The number of benzene rings is 1. The van der Waals surface area contributed by atoms with Gasteiger partial charge in [0, 0.05) is 32.6 Å². The first-order chi connectivity index (χ1) is 9.79. The van der Waals surface area contributed by atoms with Crippen LogP contribution in [0.5, 0.6) is 5.75 Å². The number of nitrogens with zero attached hydrogens (tertiary/aromatic N) is 1. The Kier molecular flexibility index (Phi) is 4.53. The normalized spacial score (nSPS) is 17.4. The monoisotopic (exact) mass is 312 g/mol. The van der Waals surface area contributed by atoms with Crippen molar-refractivity contribution in [1.82, 2.24) is 9.62 Å². The highest BCUT2D eigenvalue weighted by Crippen LogP contribution is 2.29. The Morgan fingerprint density at radius 2 is 2.14 bits per heavy atom. The van der Waals surface area contributed by atoms with Gasteiger partial charge < -0.3 is 10.1 Å². The van der Waals surface area contributed by atoms with E-state index in [9.17, 15) is 13.2 Å². The van der Waals surface area contributed by atoms with Crippen molar-refractivity contribution in [3.05, 3.63) is 29.3 Å². The zero-order valence-corrected chi connectivity index (χ0v) is 13.2. The first-order valence-electron chi connectivity index (χ1n) is 6.77. The molecule has 2 rings (SSSR count). The molecule has 116 valence electrons. The molecule has 0 spiro atoms. The maximum absolute atomic E-state index is 12.0. The van der Waals surface area contributed by atoms with Crippen molar-refractivity contribution >= 4 is 15.9 Å². The summed E-state index contributed by atoms with van der Waals surface area (Å²) in [6, 6.07) is 5.27. The van der Waals surface area contributed by atoms with Gasteiger partial charge in [-0.25, -0.2) is 12.7 Å². The van der Waals surface area contributed by atoms with Gasteiger partial charge in [-0.2, -0.15) is 0 Å². The molecular weight excluding hydrogens is 292 g/mol. The van der Waals surface area contributed by atoms with Crippen molar-refractivity contribution in [2.24, 2.45) is 0 Å². The van der Waals surface area contributed by atoms with Gasteiger partial charge in [-0.3, -0.25) is 4.79 Å². The van der Waals surface area contributed by atoms with E-state index in [0.717, 1.165) is 22.0 Å². The summed E-state index contributed by atoms with van der Waals surface area (Å²) < 4.78 is 29.9. The third-order valence-corrected chi connectivity index (χ3v) is 5.19. The first kappa shape index (κ1) is 15.8. The van der Waals surface area contributed by atoms with Gasteiger partial charge in [-0.15, -0.1) is 0 Å². The minimum absolute atomic E-state index is 0.0866. The van der Waals surface area contributed by atoms with E-state index < -0.39 is 10.0 Å². The SMILES string of the molecule is CC1Cc2cc(C(=O)NCCS(=O)(=O)N(C)C)ccc2O1. The van der Waals surface area contributed by atoms with E-state index in [0.29, 0.717) is 5.56 Å². The van der Waals surface area contributed by atoms with Gasteiger partial charge in [-0.1, -0.05) is 0 Å². The van der Waals surface area contributed by atoms with Gasteiger partial charge in [0.15, 0.2) is 0 Å². The van der Waals surface area contributed by atoms with Crippen LogP contribution in [-0.2, 0) is 16.4 Å². The molecule has 7 heteroatoms. The molecule has 6 nitrogen and oxygen atoms in total. The van der Waals surface area contributed by atoms with Crippen molar-refractivity contribution in [1.29, 1.82) is 0 Å². The van der Waals surface area contributed by atoms with Crippen LogP contribution >= 0.6 is 0 Å². The van der Waals surface area contributed by atoms with Crippen LogP contribution in [0, 0.1) is 0 Å². The second kappa shape index (κ2) is 6.03. The average molecular weight is 312 g/mol. The summed E-state index contributed by atoms with van der Waals surface area (Å²) in [4.78, 5) is 12.0. The molecule has 1 aromatic carbocycles. The number of nitrogens with one attached hydrogen (secondary N) is 1. The molecule has 1 amide bonds. The zero-order chi connectivity index (χ0) is 15.6. The number of hydrogen-bond acceptors (Lipinski definition) is 4. The molecule has 1 unspecified atom stereocenters. The Labute approximate surface area is 125 Å². The Morgan fingerprint density at radius 1 is 1.43 bits per heavy atom. The predicted octanol–water partition coefficient (Wildman–Crippen LogP) is 0.631. The smallest absolute Gasteiger partial charge is 0.251 e. The van der Waals surface area contributed by atoms with Crippen LogP contribution < -0.4 is 10.1 Å². The Bertz CT molecular complexity index is 640. The molecule has 1 aliphatic heterocycles. The highest BCUT2D eigenvalue weighted by atomic mass is 32.2. The fourth-order valence-corrected chi connectivity index (χ4v) is 2.87. The van der Waals surface area contributed by atoms with E-state index in [1.807, 2.05) is 6.92 Å². The molecule has 1 N–H and O–H groups in total. The number of amides is 1. The summed E-state index contributed by atoms with van der Waals surface area (Å²) in [6.07, 6.45) is 0.911. The second-order valence-electron chi connectivity index (χ2n) is 5.31.